The Morgan fingerprint density at radius 3 is 2.46 bits per heavy atom. The summed E-state index contributed by atoms with van der Waals surface area (Å²) >= 11 is 1.45. The average molecular weight is 423 g/mol. The van der Waals surface area contributed by atoms with Gasteiger partial charge in [-0.05, 0) is 43.4 Å². The van der Waals surface area contributed by atoms with Crippen LogP contribution in [0.3, 0.4) is 0 Å². The van der Waals surface area contributed by atoms with Crippen LogP contribution >= 0.6 is 11.8 Å². The van der Waals surface area contributed by atoms with Gasteiger partial charge < -0.3 is 4.90 Å². The van der Waals surface area contributed by atoms with E-state index in [2.05, 4.69) is 24.0 Å². The molecule has 28 heavy (non-hydrogen) atoms. The summed E-state index contributed by atoms with van der Waals surface area (Å²) in [6.45, 7) is 6.18. The van der Waals surface area contributed by atoms with Gasteiger partial charge in [0.05, 0.1) is 17.5 Å². The maximum absolute atomic E-state index is 12.6. The highest BCUT2D eigenvalue weighted by Gasteiger charge is 2.49. The molecule has 0 spiro atoms. The van der Waals surface area contributed by atoms with Crippen molar-refractivity contribution in [2.75, 3.05) is 16.4 Å². The van der Waals surface area contributed by atoms with Gasteiger partial charge >= 0.3 is 0 Å². The molecule has 0 aromatic heterocycles. The summed E-state index contributed by atoms with van der Waals surface area (Å²) in [4.78, 5) is 19.1. The monoisotopic (exact) mass is 422 g/mol. The Morgan fingerprint density at radius 2 is 1.86 bits per heavy atom. The molecule has 0 aliphatic carbocycles. The van der Waals surface area contributed by atoms with Gasteiger partial charge in [-0.25, -0.2) is 8.42 Å². The number of hydrogen-bond donors (Lipinski definition) is 0. The molecule has 1 aromatic carbocycles. The first-order valence-corrected chi connectivity index (χ1v) is 13.0. The van der Waals surface area contributed by atoms with Gasteiger partial charge in [0.2, 0.25) is 0 Å². The van der Waals surface area contributed by atoms with Crippen LogP contribution in [0.5, 0.6) is 0 Å². The van der Waals surface area contributed by atoms with E-state index in [0.717, 1.165) is 37.8 Å². The van der Waals surface area contributed by atoms with Gasteiger partial charge in [-0.15, -0.1) is 0 Å². The summed E-state index contributed by atoms with van der Waals surface area (Å²) in [5.74, 6) is 0.113. The first kappa shape index (κ1) is 21.4. The van der Waals surface area contributed by atoms with Gasteiger partial charge in [0.25, 0.3) is 5.91 Å². The maximum atomic E-state index is 12.6. The second-order valence-electron chi connectivity index (χ2n) is 7.69. The van der Waals surface area contributed by atoms with Crippen LogP contribution in [0.2, 0.25) is 0 Å². The predicted octanol–water partition coefficient (Wildman–Crippen LogP) is 4.07. The van der Waals surface area contributed by atoms with Crippen molar-refractivity contribution >= 4 is 38.4 Å². The normalized spacial score (nSPS) is 24.9. The van der Waals surface area contributed by atoms with E-state index in [9.17, 15) is 13.2 Å². The van der Waals surface area contributed by atoms with Crippen molar-refractivity contribution in [3.8, 4) is 0 Å². The topological polar surface area (TPSA) is 66.8 Å². The van der Waals surface area contributed by atoms with E-state index < -0.39 is 9.84 Å². The number of rotatable bonds is 7. The van der Waals surface area contributed by atoms with Gasteiger partial charge in [0.15, 0.2) is 15.0 Å². The Bertz CT molecular complexity index is 830. The molecule has 2 saturated heterocycles. The zero-order chi connectivity index (χ0) is 20.3. The van der Waals surface area contributed by atoms with E-state index in [0.29, 0.717) is 5.17 Å². The highest BCUT2D eigenvalue weighted by molar-refractivity contribution is 8.16. The Labute approximate surface area is 172 Å². The molecule has 1 amide bonds. The average Bonchev–Trinajstić information content (AvgIpc) is 3.12. The van der Waals surface area contributed by atoms with E-state index in [4.69, 9.17) is 0 Å². The number of nitrogens with zero attached hydrogens (tertiary/aromatic N) is 2. The van der Waals surface area contributed by atoms with Gasteiger partial charge in [-0.3, -0.25) is 4.79 Å². The SMILES string of the molecule is CCCCc1ccc(N2C(=NC(=O)C(CC)CC)S[C@@H]3CS(=O)(=O)C[C@H]32)cc1. The Balaban J connectivity index is 1.91. The number of carbonyl (C=O) groups excluding carboxylic acids is 1. The fourth-order valence-electron chi connectivity index (χ4n) is 3.89. The summed E-state index contributed by atoms with van der Waals surface area (Å²) in [6.07, 6.45) is 4.88. The quantitative estimate of drug-likeness (QED) is 0.663. The van der Waals surface area contributed by atoms with E-state index in [1.807, 2.05) is 30.9 Å². The Kier molecular flexibility index (Phi) is 6.86. The minimum atomic E-state index is -3.05. The molecule has 0 unspecified atom stereocenters. The number of aliphatic imine (C=N–C) groups is 1. The fraction of sp³-hybridized carbons (Fsp3) is 0.619. The summed E-state index contributed by atoms with van der Waals surface area (Å²) in [6, 6.07) is 8.13. The number of amides is 1. The molecule has 2 fully saturated rings. The molecule has 1 aromatic rings. The van der Waals surface area contributed by atoms with Crippen LogP contribution < -0.4 is 4.90 Å². The molecule has 2 aliphatic rings. The van der Waals surface area contributed by atoms with Crippen molar-refractivity contribution in [3.05, 3.63) is 29.8 Å². The van der Waals surface area contributed by atoms with Gasteiger partial charge in [0.1, 0.15) is 0 Å². The number of benzene rings is 1. The third-order valence-electron chi connectivity index (χ3n) is 5.64. The Morgan fingerprint density at radius 1 is 1.18 bits per heavy atom. The third-order valence-corrected chi connectivity index (χ3v) is 8.85. The first-order valence-electron chi connectivity index (χ1n) is 10.3. The number of thioether (sulfide) groups is 1. The molecule has 0 saturated carbocycles. The van der Waals surface area contributed by atoms with E-state index in [1.165, 1.54) is 17.3 Å². The standard InChI is InChI=1S/C21H30N2O3S2/c1-4-7-8-15-9-11-17(12-10-15)23-18-13-28(25,26)14-19(18)27-21(23)22-20(24)16(5-2)6-3/h9-12,16,18-19H,4-8,13-14H2,1-3H3/t18-,19-/m1/s1. The van der Waals surface area contributed by atoms with Gasteiger partial charge in [-0.2, -0.15) is 4.99 Å². The van der Waals surface area contributed by atoms with Crippen LogP contribution in [0.25, 0.3) is 0 Å². The van der Waals surface area contributed by atoms with Crippen molar-refractivity contribution in [2.45, 2.75) is 64.2 Å². The minimum absolute atomic E-state index is 0.0574. The number of carbonyl (C=O) groups is 1. The maximum Gasteiger partial charge on any atom is 0.251 e. The molecule has 2 atom stereocenters. The molecular weight excluding hydrogens is 392 g/mol. The lowest BCUT2D eigenvalue weighted by Crippen LogP contribution is -2.37. The highest BCUT2D eigenvalue weighted by Crippen LogP contribution is 2.41. The smallest absolute Gasteiger partial charge is 0.251 e. The molecule has 2 heterocycles. The zero-order valence-electron chi connectivity index (χ0n) is 16.9. The van der Waals surface area contributed by atoms with Crippen LogP contribution in [-0.4, -0.2) is 42.3 Å². The molecular formula is C21H30N2O3S2. The summed E-state index contributed by atoms with van der Waals surface area (Å²) < 4.78 is 24.4. The van der Waals surface area contributed by atoms with Crippen molar-refractivity contribution in [1.29, 1.82) is 0 Å². The van der Waals surface area contributed by atoms with Crippen LogP contribution in [0.4, 0.5) is 5.69 Å². The molecule has 3 rings (SSSR count). The lowest BCUT2D eigenvalue weighted by atomic mass is 10.0. The number of fused-ring (bicyclic) bond motifs is 1. The van der Waals surface area contributed by atoms with Crippen LogP contribution in [0, 0.1) is 5.92 Å². The van der Waals surface area contributed by atoms with Crippen molar-refractivity contribution in [1.82, 2.24) is 0 Å². The molecule has 0 radical (unpaired) electrons. The van der Waals surface area contributed by atoms with Crippen LogP contribution in [-0.2, 0) is 21.1 Å². The summed E-state index contributed by atoms with van der Waals surface area (Å²) in [5, 5.41) is 0.598. The fourth-order valence-corrected chi connectivity index (χ4v) is 7.81. The Hall–Kier alpha value is -1.34. The van der Waals surface area contributed by atoms with Gasteiger partial charge in [0, 0.05) is 16.9 Å². The first-order chi connectivity index (χ1) is 13.4. The van der Waals surface area contributed by atoms with E-state index >= 15 is 0 Å². The highest BCUT2D eigenvalue weighted by atomic mass is 32.2. The van der Waals surface area contributed by atoms with Crippen LogP contribution in [0.15, 0.2) is 29.3 Å². The number of aryl methyl sites for hydroxylation is 1. The number of amidine groups is 1. The molecule has 7 heteroatoms. The molecule has 2 aliphatic heterocycles. The zero-order valence-corrected chi connectivity index (χ0v) is 18.6. The van der Waals surface area contributed by atoms with Crippen molar-refractivity contribution < 1.29 is 13.2 Å². The molecule has 0 bridgehead atoms. The van der Waals surface area contributed by atoms with Gasteiger partial charge in [-0.1, -0.05) is 51.1 Å². The minimum Gasteiger partial charge on any atom is -0.316 e. The van der Waals surface area contributed by atoms with E-state index in [1.54, 1.807) is 0 Å². The van der Waals surface area contributed by atoms with Crippen molar-refractivity contribution in [3.63, 3.8) is 0 Å². The number of anilines is 1. The third kappa shape index (κ3) is 4.62. The predicted molar refractivity (Wildman–Crippen MR) is 118 cm³/mol. The molecule has 5 nitrogen and oxygen atoms in total. The number of sulfone groups is 1. The second-order valence-corrected chi connectivity index (χ2v) is 11.0. The van der Waals surface area contributed by atoms with E-state index in [-0.39, 0.29) is 34.6 Å². The second kappa shape index (κ2) is 8.99. The number of hydrogen-bond acceptors (Lipinski definition) is 4. The largest absolute Gasteiger partial charge is 0.316 e. The summed E-state index contributed by atoms with van der Waals surface area (Å²) in [7, 11) is -3.05. The molecule has 0 N–H and O–H groups in total. The summed E-state index contributed by atoms with van der Waals surface area (Å²) in [5.41, 5.74) is 2.20. The van der Waals surface area contributed by atoms with Crippen LogP contribution in [0.1, 0.15) is 52.0 Å². The molecule has 154 valence electrons. The number of unbranched alkanes of at least 4 members (excludes halogenated alkanes) is 1. The lowest BCUT2D eigenvalue weighted by molar-refractivity contribution is -0.121. The van der Waals surface area contributed by atoms with Crippen molar-refractivity contribution in [2.24, 2.45) is 10.9 Å². The lowest BCUT2D eigenvalue weighted by Gasteiger charge is -2.25.